The van der Waals surface area contributed by atoms with Crippen molar-refractivity contribution in [1.82, 2.24) is 15.2 Å². The van der Waals surface area contributed by atoms with E-state index in [0.29, 0.717) is 60.3 Å². The Morgan fingerprint density at radius 3 is 2.47 bits per heavy atom. The van der Waals surface area contributed by atoms with E-state index in [0.717, 1.165) is 36.6 Å². The average Bonchev–Trinajstić information content (AvgIpc) is 2.94. The number of ether oxygens (including phenoxy) is 4. The van der Waals surface area contributed by atoms with Gasteiger partial charge in [-0.25, -0.2) is 4.79 Å². The van der Waals surface area contributed by atoms with Crippen molar-refractivity contribution < 1.29 is 23.7 Å². The summed E-state index contributed by atoms with van der Waals surface area (Å²) in [7, 11) is 3.21. The third kappa shape index (κ3) is 5.82. The molecular weight excluding hydrogens is 486 g/mol. The average molecular weight is 522 g/mol. The Morgan fingerprint density at radius 1 is 1.00 bits per heavy atom. The SMILES string of the molecule is COc1ccc(CCN(Cc2cc3cc4c(cc3[nH]c2=O)OCCO4)C(=O)NC2CCCCC2)cc1OC. The molecule has 0 atom stereocenters. The Balaban J connectivity index is 1.39. The van der Waals surface area contributed by atoms with Gasteiger partial charge in [0, 0.05) is 29.6 Å². The van der Waals surface area contributed by atoms with E-state index < -0.39 is 0 Å². The number of hydrogen-bond acceptors (Lipinski definition) is 6. The lowest BCUT2D eigenvalue weighted by atomic mass is 9.96. The third-order valence-corrected chi connectivity index (χ3v) is 7.28. The highest BCUT2D eigenvalue weighted by atomic mass is 16.6. The maximum atomic E-state index is 13.4. The summed E-state index contributed by atoms with van der Waals surface area (Å²) in [6, 6.07) is 11.3. The van der Waals surface area contributed by atoms with Crippen molar-refractivity contribution in [1.29, 1.82) is 0 Å². The molecule has 1 fully saturated rings. The van der Waals surface area contributed by atoms with E-state index in [1.54, 1.807) is 25.2 Å². The molecule has 0 bridgehead atoms. The van der Waals surface area contributed by atoms with E-state index in [1.165, 1.54) is 6.42 Å². The summed E-state index contributed by atoms with van der Waals surface area (Å²) >= 11 is 0. The topological polar surface area (TPSA) is 102 Å². The van der Waals surface area contributed by atoms with Crippen LogP contribution in [0.3, 0.4) is 0 Å². The van der Waals surface area contributed by atoms with Gasteiger partial charge in [-0.1, -0.05) is 25.3 Å². The zero-order valence-electron chi connectivity index (χ0n) is 22.0. The Bertz CT molecular complexity index is 1350. The van der Waals surface area contributed by atoms with Crippen molar-refractivity contribution in [2.75, 3.05) is 34.0 Å². The van der Waals surface area contributed by atoms with Crippen molar-refractivity contribution in [3.63, 3.8) is 0 Å². The molecule has 38 heavy (non-hydrogen) atoms. The van der Waals surface area contributed by atoms with Gasteiger partial charge in [-0.05, 0) is 49.1 Å². The molecule has 1 saturated carbocycles. The Morgan fingerprint density at radius 2 is 1.74 bits per heavy atom. The van der Waals surface area contributed by atoms with Crippen molar-refractivity contribution in [3.05, 3.63) is 57.9 Å². The van der Waals surface area contributed by atoms with Gasteiger partial charge in [0.1, 0.15) is 13.2 Å². The highest BCUT2D eigenvalue weighted by Crippen LogP contribution is 2.34. The van der Waals surface area contributed by atoms with E-state index >= 15 is 0 Å². The smallest absolute Gasteiger partial charge is 0.317 e. The van der Waals surface area contributed by atoms with E-state index in [1.807, 2.05) is 30.3 Å². The second-order valence-electron chi connectivity index (χ2n) is 9.85. The predicted octanol–water partition coefficient (Wildman–Crippen LogP) is 4.40. The van der Waals surface area contributed by atoms with Gasteiger partial charge in [-0.15, -0.1) is 0 Å². The van der Waals surface area contributed by atoms with Crippen LogP contribution in [-0.4, -0.2) is 55.9 Å². The van der Waals surface area contributed by atoms with Crippen molar-refractivity contribution in [2.45, 2.75) is 51.1 Å². The zero-order valence-corrected chi connectivity index (χ0v) is 22.0. The molecule has 2 N–H and O–H groups in total. The molecular formula is C29H35N3O6. The van der Waals surface area contributed by atoms with Gasteiger partial charge < -0.3 is 34.1 Å². The number of fused-ring (bicyclic) bond motifs is 2. The van der Waals surface area contributed by atoms with Crippen LogP contribution in [0.5, 0.6) is 23.0 Å². The van der Waals surface area contributed by atoms with Crippen LogP contribution >= 0.6 is 0 Å². The molecule has 2 aliphatic rings. The molecule has 0 spiro atoms. The van der Waals surface area contributed by atoms with Gasteiger partial charge in [0.15, 0.2) is 23.0 Å². The summed E-state index contributed by atoms with van der Waals surface area (Å²) in [5.74, 6) is 2.57. The summed E-state index contributed by atoms with van der Waals surface area (Å²) in [6.07, 6.45) is 6.02. The second-order valence-corrected chi connectivity index (χ2v) is 9.85. The number of hydrogen-bond donors (Lipinski definition) is 2. The number of nitrogens with zero attached hydrogens (tertiary/aromatic N) is 1. The van der Waals surface area contributed by atoms with Crippen LogP contribution in [0.4, 0.5) is 4.79 Å². The molecule has 3 aromatic rings. The van der Waals surface area contributed by atoms with Crippen LogP contribution in [0.15, 0.2) is 41.2 Å². The van der Waals surface area contributed by atoms with Gasteiger partial charge in [0.25, 0.3) is 5.56 Å². The number of aromatic amines is 1. The standard InChI is InChI=1S/C29H35N3O6/c1-35-24-9-8-19(14-25(24)36-2)10-11-32(29(34)30-22-6-4-3-5-7-22)18-21-15-20-16-26-27(38-13-12-37-26)17-23(20)31-28(21)33/h8-9,14-17,22H,3-7,10-13,18H2,1-2H3,(H,30,34)(H,31,33). The summed E-state index contributed by atoms with van der Waals surface area (Å²) < 4.78 is 22.2. The molecule has 1 aliphatic carbocycles. The number of carbonyl (C=O) groups is 1. The second kappa shape index (κ2) is 11.7. The fourth-order valence-electron chi connectivity index (χ4n) is 5.18. The normalized spacial score (nSPS) is 15.2. The van der Waals surface area contributed by atoms with E-state index in [9.17, 15) is 9.59 Å². The fraction of sp³-hybridized carbons (Fsp3) is 0.448. The zero-order chi connectivity index (χ0) is 26.5. The lowest BCUT2D eigenvalue weighted by Crippen LogP contribution is -2.46. The molecule has 2 heterocycles. The molecule has 1 aromatic heterocycles. The summed E-state index contributed by atoms with van der Waals surface area (Å²) in [4.78, 5) is 31.2. The van der Waals surface area contributed by atoms with Crippen LogP contribution < -0.4 is 29.8 Å². The fourth-order valence-corrected chi connectivity index (χ4v) is 5.18. The van der Waals surface area contributed by atoms with Crippen LogP contribution in [0, 0.1) is 0 Å². The van der Waals surface area contributed by atoms with Crippen molar-refractivity contribution >= 4 is 16.9 Å². The Kier molecular flexibility index (Phi) is 7.91. The minimum absolute atomic E-state index is 0.154. The highest BCUT2D eigenvalue weighted by Gasteiger charge is 2.22. The number of nitrogens with one attached hydrogen (secondary N) is 2. The van der Waals surface area contributed by atoms with Crippen LogP contribution in [0.25, 0.3) is 10.9 Å². The number of carbonyl (C=O) groups excluding carboxylic acids is 1. The first-order valence-electron chi connectivity index (χ1n) is 13.3. The number of urea groups is 1. The quantitative estimate of drug-likeness (QED) is 0.456. The molecule has 5 rings (SSSR count). The van der Waals surface area contributed by atoms with E-state index in [4.69, 9.17) is 18.9 Å². The maximum Gasteiger partial charge on any atom is 0.317 e. The lowest BCUT2D eigenvalue weighted by Gasteiger charge is -2.28. The third-order valence-electron chi connectivity index (χ3n) is 7.28. The number of pyridine rings is 1. The number of aromatic nitrogens is 1. The highest BCUT2D eigenvalue weighted by molar-refractivity contribution is 5.83. The van der Waals surface area contributed by atoms with Gasteiger partial charge in [0.05, 0.1) is 26.3 Å². The minimum Gasteiger partial charge on any atom is -0.493 e. The Labute approximate surface area is 222 Å². The molecule has 2 amide bonds. The molecule has 0 radical (unpaired) electrons. The van der Waals surface area contributed by atoms with E-state index in [-0.39, 0.29) is 24.2 Å². The molecule has 9 nitrogen and oxygen atoms in total. The van der Waals surface area contributed by atoms with Gasteiger partial charge in [-0.2, -0.15) is 0 Å². The monoisotopic (exact) mass is 521 g/mol. The molecule has 1 aliphatic heterocycles. The number of methoxy groups -OCH3 is 2. The number of benzene rings is 2. The van der Waals surface area contributed by atoms with Crippen LogP contribution in [0.2, 0.25) is 0 Å². The van der Waals surface area contributed by atoms with Gasteiger partial charge in [-0.3, -0.25) is 4.79 Å². The molecule has 9 heteroatoms. The minimum atomic E-state index is -0.226. The van der Waals surface area contributed by atoms with Crippen LogP contribution in [-0.2, 0) is 13.0 Å². The molecule has 202 valence electrons. The Hall–Kier alpha value is -3.88. The van der Waals surface area contributed by atoms with Gasteiger partial charge in [0.2, 0.25) is 0 Å². The van der Waals surface area contributed by atoms with E-state index in [2.05, 4.69) is 10.3 Å². The number of H-pyrrole nitrogens is 1. The number of rotatable bonds is 8. The first-order chi connectivity index (χ1) is 18.5. The summed E-state index contributed by atoms with van der Waals surface area (Å²) in [5, 5.41) is 4.04. The first-order valence-corrected chi connectivity index (χ1v) is 13.3. The molecule has 0 unspecified atom stereocenters. The largest absolute Gasteiger partial charge is 0.493 e. The predicted molar refractivity (Wildman–Crippen MR) is 145 cm³/mol. The summed E-state index contributed by atoms with van der Waals surface area (Å²) in [6.45, 7) is 1.59. The van der Waals surface area contributed by atoms with Crippen LogP contribution in [0.1, 0.15) is 43.2 Å². The molecule has 0 saturated heterocycles. The lowest BCUT2D eigenvalue weighted by molar-refractivity contribution is 0.172. The number of amides is 2. The maximum absolute atomic E-state index is 13.4. The molecule has 2 aromatic carbocycles. The van der Waals surface area contributed by atoms with Crippen molar-refractivity contribution in [3.8, 4) is 23.0 Å². The summed E-state index contributed by atoms with van der Waals surface area (Å²) in [5.41, 5.74) is 1.97. The van der Waals surface area contributed by atoms with Gasteiger partial charge >= 0.3 is 6.03 Å². The van der Waals surface area contributed by atoms with Crippen molar-refractivity contribution in [2.24, 2.45) is 0 Å². The first kappa shape index (κ1) is 25.8.